The SMILES string of the molecule is Cc1n[nH]c(C)c1C(C)N(C)Cc1ccc(C(=O)NCc2ccccc2C(F)(F)F)c(=O)[nH]1. The van der Waals surface area contributed by atoms with Crippen LogP contribution < -0.4 is 10.9 Å². The Hall–Kier alpha value is -3.40. The Balaban J connectivity index is 1.68. The second-order valence-electron chi connectivity index (χ2n) is 8.00. The summed E-state index contributed by atoms with van der Waals surface area (Å²) in [5, 5.41) is 9.57. The number of carbonyl (C=O) groups is 1. The van der Waals surface area contributed by atoms with Crippen molar-refractivity contribution in [1.29, 1.82) is 0 Å². The van der Waals surface area contributed by atoms with E-state index >= 15 is 0 Å². The van der Waals surface area contributed by atoms with Gasteiger partial charge in [-0.15, -0.1) is 0 Å². The predicted octanol–water partition coefficient (Wildman–Crippen LogP) is 3.86. The Morgan fingerprint density at radius 3 is 2.48 bits per heavy atom. The molecule has 33 heavy (non-hydrogen) atoms. The lowest BCUT2D eigenvalue weighted by molar-refractivity contribution is -0.138. The number of aryl methyl sites for hydroxylation is 2. The van der Waals surface area contributed by atoms with Crippen LogP contribution in [0.5, 0.6) is 0 Å². The van der Waals surface area contributed by atoms with Crippen molar-refractivity contribution in [3.05, 3.63) is 86.1 Å². The summed E-state index contributed by atoms with van der Waals surface area (Å²) in [7, 11) is 1.91. The zero-order valence-electron chi connectivity index (χ0n) is 18.8. The van der Waals surface area contributed by atoms with Crippen molar-refractivity contribution in [3.8, 4) is 0 Å². The first-order chi connectivity index (χ1) is 15.5. The van der Waals surface area contributed by atoms with Crippen molar-refractivity contribution >= 4 is 5.91 Å². The maximum Gasteiger partial charge on any atom is 0.416 e. The van der Waals surface area contributed by atoms with E-state index in [1.165, 1.54) is 24.3 Å². The van der Waals surface area contributed by atoms with Gasteiger partial charge in [0.05, 0.1) is 11.3 Å². The number of nitrogens with zero attached hydrogens (tertiary/aromatic N) is 2. The highest BCUT2D eigenvalue weighted by Crippen LogP contribution is 2.31. The number of pyridine rings is 1. The molecule has 0 fully saturated rings. The molecule has 0 aliphatic carbocycles. The molecule has 0 radical (unpaired) electrons. The summed E-state index contributed by atoms with van der Waals surface area (Å²) in [6.45, 7) is 5.97. The van der Waals surface area contributed by atoms with E-state index in [0.29, 0.717) is 12.2 Å². The van der Waals surface area contributed by atoms with Gasteiger partial charge in [-0.2, -0.15) is 18.3 Å². The highest BCUT2D eigenvalue weighted by Gasteiger charge is 2.32. The van der Waals surface area contributed by atoms with Crippen LogP contribution in [0.2, 0.25) is 0 Å². The summed E-state index contributed by atoms with van der Waals surface area (Å²) >= 11 is 0. The third-order valence-electron chi connectivity index (χ3n) is 5.66. The van der Waals surface area contributed by atoms with E-state index in [9.17, 15) is 22.8 Å². The van der Waals surface area contributed by atoms with Gasteiger partial charge in [-0.25, -0.2) is 0 Å². The van der Waals surface area contributed by atoms with Crippen LogP contribution in [0.4, 0.5) is 13.2 Å². The van der Waals surface area contributed by atoms with E-state index in [1.54, 1.807) is 6.07 Å². The van der Waals surface area contributed by atoms with E-state index in [0.717, 1.165) is 23.0 Å². The van der Waals surface area contributed by atoms with Gasteiger partial charge >= 0.3 is 6.18 Å². The molecule has 1 atom stereocenters. The van der Waals surface area contributed by atoms with Crippen LogP contribution in [0.25, 0.3) is 0 Å². The number of nitrogens with one attached hydrogen (secondary N) is 3. The Morgan fingerprint density at radius 2 is 1.88 bits per heavy atom. The molecule has 2 heterocycles. The number of carbonyl (C=O) groups excluding carboxylic acids is 1. The molecule has 0 saturated carbocycles. The molecule has 1 aromatic carbocycles. The summed E-state index contributed by atoms with van der Waals surface area (Å²) in [6, 6.07) is 8.02. The van der Waals surface area contributed by atoms with Crippen molar-refractivity contribution < 1.29 is 18.0 Å². The standard InChI is InChI=1S/C23H26F3N5O2/c1-13-20(14(2)30-29-13)15(3)31(4)12-17-9-10-18(22(33)28-17)21(32)27-11-16-7-5-6-8-19(16)23(24,25)26/h5-10,15H,11-12H2,1-4H3,(H,27,32)(H,28,33)(H,29,30). The number of benzene rings is 1. The fourth-order valence-electron chi connectivity index (χ4n) is 3.81. The lowest BCUT2D eigenvalue weighted by Crippen LogP contribution is -2.31. The first kappa shape index (κ1) is 24.2. The minimum Gasteiger partial charge on any atom is -0.348 e. The normalized spacial score (nSPS) is 12.7. The third kappa shape index (κ3) is 5.51. The molecule has 0 aliphatic rings. The summed E-state index contributed by atoms with van der Waals surface area (Å²) in [6.07, 6.45) is -4.53. The van der Waals surface area contributed by atoms with Gasteiger partial charge in [-0.1, -0.05) is 18.2 Å². The topological polar surface area (TPSA) is 93.9 Å². The largest absolute Gasteiger partial charge is 0.416 e. The number of alkyl halides is 3. The smallest absolute Gasteiger partial charge is 0.348 e. The van der Waals surface area contributed by atoms with E-state index < -0.39 is 23.2 Å². The van der Waals surface area contributed by atoms with E-state index in [1.807, 2.05) is 32.7 Å². The number of aromatic amines is 2. The van der Waals surface area contributed by atoms with E-state index in [4.69, 9.17) is 0 Å². The molecule has 7 nitrogen and oxygen atoms in total. The first-order valence-corrected chi connectivity index (χ1v) is 10.4. The molecule has 0 aliphatic heterocycles. The molecule has 3 aromatic rings. The molecule has 10 heteroatoms. The van der Waals surface area contributed by atoms with E-state index in [2.05, 4.69) is 20.5 Å². The number of hydrogen-bond donors (Lipinski definition) is 3. The minimum absolute atomic E-state index is 0.0314. The number of hydrogen-bond acceptors (Lipinski definition) is 4. The van der Waals surface area contributed by atoms with Gasteiger partial charge < -0.3 is 10.3 Å². The maximum atomic E-state index is 13.1. The molecule has 3 N–H and O–H groups in total. The van der Waals surface area contributed by atoms with Gasteiger partial charge in [0.25, 0.3) is 11.5 Å². The third-order valence-corrected chi connectivity index (χ3v) is 5.66. The highest BCUT2D eigenvalue weighted by atomic mass is 19.4. The zero-order chi connectivity index (χ0) is 24.3. The monoisotopic (exact) mass is 461 g/mol. The molecule has 0 spiro atoms. The Bertz CT molecular complexity index is 1180. The Labute approximate surface area is 189 Å². The second-order valence-corrected chi connectivity index (χ2v) is 8.00. The molecule has 1 unspecified atom stereocenters. The average molecular weight is 461 g/mol. The lowest BCUT2D eigenvalue weighted by Gasteiger charge is -2.25. The van der Waals surface area contributed by atoms with Crippen LogP contribution in [-0.2, 0) is 19.3 Å². The lowest BCUT2D eigenvalue weighted by atomic mass is 10.1. The van der Waals surface area contributed by atoms with Crippen LogP contribution in [0.1, 0.15) is 57.1 Å². The number of aromatic nitrogens is 3. The van der Waals surface area contributed by atoms with E-state index in [-0.39, 0.29) is 23.7 Å². The molecule has 0 bridgehead atoms. The molecule has 1 amide bonds. The van der Waals surface area contributed by atoms with Crippen molar-refractivity contribution in [2.45, 2.75) is 46.1 Å². The average Bonchev–Trinajstić information content (AvgIpc) is 3.09. The van der Waals surface area contributed by atoms with Crippen LogP contribution in [0, 0.1) is 13.8 Å². The summed E-state index contributed by atoms with van der Waals surface area (Å²) in [4.78, 5) is 29.6. The maximum absolute atomic E-state index is 13.1. The van der Waals surface area contributed by atoms with Crippen LogP contribution in [-0.4, -0.2) is 33.0 Å². The first-order valence-electron chi connectivity index (χ1n) is 10.4. The van der Waals surface area contributed by atoms with Crippen molar-refractivity contribution in [2.24, 2.45) is 0 Å². The van der Waals surface area contributed by atoms with Crippen molar-refractivity contribution in [2.75, 3.05) is 7.05 Å². The Kier molecular flexibility index (Phi) is 7.06. The van der Waals surface area contributed by atoms with Gasteiger partial charge in [-0.05, 0) is 51.6 Å². The number of H-pyrrole nitrogens is 2. The van der Waals surface area contributed by atoms with Gasteiger partial charge in [0.2, 0.25) is 0 Å². The summed E-state index contributed by atoms with van der Waals surface area (Å²) in [5.74, 6) is -0.744. The molecule has 176 valence electrons. The van der Waals surface area contributed by atoms with Crippen molar-refractivity contribution in [3.63, 3.8) is 0 Å². The van der Waals surface area contributed by atoms with Crippen LogP contribution in [0.3, 0.4) is 0 Å². The van der Waals surface area contributed by atoms with Gasteiger partial charge in [0.1, 0.15) is 5.56 Å². The van der Waals surface area contributed by atoms with Crippen molar-refractivity contribution in [1.82, 2.24) is 25.4 Å². The predicted molar refractivity (Wildman–Crippen MR) is 118 cm³/mol. The second kappa shape index (κ2) is 9.62. The van der Waals surface area contributed by atoms with Gasteiger partial charge in [-0.3, -0.25) is 19.6 Å². The van der Waals surface area contributed by atoms with Crippen LogP contribution in [0.15, 0.2) is 41.2 Å². The highest BCUT2D eigenvalue weighted by molar-refractivity contribution is 5.93. The van der Waals surface area contributed by atoms with Gasteiger partial charge in [0, 0.05) is 36.1 Å². The fourth-order valence-corrected chi connectivity index (χ4v) is 3.81. The van der Waals surface area contributed by atoms with Crippen LogP contribution >= 0.6 is 0 Å². The number of amides is 1. The summed E-state index contributed by atoms with van der Waals surface area (Å²) < 4.78 is 39.4. The fraction of sp³-hybridized carbons (Fsp3) is 0.348. The molecule has 3 rings (SSSR count). The summed E-state index contributed by atoms with van der Waals surface area (Å²) in [5.41, 5.74) is 1.88. The molecular formula is C23H26F3N5O2. The Morgan fingerprint density at radius 1 is 1.18 bits per heavy atom. The quantitative estimate of drug-likeness (QED) is 0.498. The molecule has 0 saturated heterocycles. The molecule has 2 aromatic heterocycles. The van der Waals surface area contributed by atoms with Gasteiger partial charge in [0.15, 0.2) is 0 Å². The zero-order valence-corrected chi connectivity index (χ0v) is 18.8. The number of rotatable bonds is 7. The minimum atomic E-state index is -4.53. The number of halogens is 3. The molecular weight excluding hydrogens is 435 g/mol.